The van der Waals surface area contributed by atoms with Gasteiger partial charge in [-0.05, 0) is 37.5 Å². The number of aromatic nitrogens is 4. The average Bonchev–Trinajstić information content (AvgIpc) is 3.17. The Hall–Kier alpha value is -3.27. The summed E-state index contributed by atoms with van der Waals surface area (Å²) in [4.78, 5) is 26.7. The maximum atomic E-state index is 13.4. The van der Waals surface area contributed by atoms with E-state index in [4.69, 9.17) is 4.74 Å². The number of sulfonamides is 1. The van der Waals surface area contributed by atoms with Gasteiger partial charge in [-0.3, -0.25) is 18.6 Å². The van der Waals surface area contributed by atoms with Gasteiger partial charge in [0.05, 0.1) is 41.2 Å². The van der Waals surface area contributed by atoms with Crippen LogP contribution in [0.5, 0.6) is 0 Å². The third kappa shape index (κ3) is 4.06. The first-order valence-electron chi connectivity index (χ1n) is 11.0. The largest absolute Gasteiger partial charge is 0.381 e. The maximum Gasteiger partial charge on any atom is 0.331 e. The lowest BCUT2D eigenvalue weighted by molar-refractivity contribution is 0.182. The highest BCUT2D eigenvalue weighted by Crippen LogP contribution is 2.36. The zero-order valence-electron chi connectivity index (χ0n) is 18.6. The SMILES string of the molecule is Cn1cc(Cn2c(=O)c3cc(S(=O)(=O)NC4(C#N)CC4)ccc3n(CC3CCOC3)c2=O)cn1. The molecule has 2 aliphatic rings. The third-order valence-corrected chi connectivity index (χ3v) is 7.90. The van der Waals surface area contributed by atoms with Crippen molar-refractivity contribution >= 4 is 20.9 Å². The molecule has 11 nitrogen and oxygen atoms in total. The smallest absolute Gasteiger partial charge is 0.331 e. The Bertz CT molecular complexity index is 1530. The van der Waals surface area contributed by atoms with Crippen molar-refractivity contribution in [2.75, 3.05) is 13.2 Å². The molecule has 1 N–H and O–H groups in total. The summed E-state index contributed by atoms with van der Waals surface area (Å²) in [5.74, 6) is 0.112. The molecular formula is C22H24N6O5S. The van der Waals surface area contributed by atoms with Gasteiger partial charge in [0.2, 0.25) is 10.0 Å². The van der Waals surface area contributed by atoms with Crippen LogP contribution in [0.3, 0.4) is 0 Å². The Balaban J connectivity index is 1.65. The van der Waals surface area contributed by atoms with E-state index in [1.807, 2.05) is 6.07 Å². The highest BCUT2D eigenvalue weighted by atomic mass is 32.2. The summed E-state index contributed by atoms with van der Waals surface area (Å²) < 4.78 is 38.0. The minimum atomic E-state index is -4.03. The molecule has 1 unspecified atom stereocenters. The monoisotopic (exact) mass is 484 g/mol. The quantitative estimate of drug-likeness (QED) is 0.509. The molecule has 0 bridgehead atoms. The van der Waals surface area contributed by atoms with Crippen LogP contribution < -0.4 is 16.0 Å². The Kier molecular flexibility index (Phi) is 5.43. The van der Waals surface area contributed by atoms with E-state index in [1.165, 1.54) is 22.8 Å². The van der Waals surface area contributed by atoms with Crippen LogP contribution in [0.15, 0.2) is 45.1 Å². The second-order valence-corrected chi connectivity index (χ2v) is 10.7. The number of aryl methyl sites for hydroxylation is 1. The number of nitrogens with zero attached hydrogens (tertiary/aromatic N) is 5. The van der Waals surface area contributed by atoms with Crippen LogP contribution in [0.1, 0.15) is 24.8 Å². The van der Waals surface area contributed by atoms with Crippen LogP contribution in [0.2, 0.25) is 0 Å². The van der Waals surface area contributed by atoms with Crippen molar-refractivity contribution in [1.29, 1.82) is 5.26 Å². The maximum absolute atomic E-state index is 13.4. The molecule has 2 aromatic heterocycles. The fraction of sp³-hybridized carbons (Fsp3) is 0.455. The predicted octanol–water partition coefficient (Wildman–Crippen LogP) is 0.316. The van der Waals surface area contributed by atoms with Crippen LogP contribution in [0.4, 0.5) is 0 Å². The van der Waals surface area contributed by atoms with Crippen LogP contribution in [0, 0.1) is 17.2 Å². The minimum Gasteiger partial charge on any atom is -0.381 e. The van der Waals surface area contributed by atoms with E-state index >= 15 is 0 Å². The number of benzene rings is 1. The zero-order valence-corrected chi connectivity index (χ0v) is 19.4. The van der Waals surface area contributed by atoms with Crippen molar-refractivity contribution in [3.05, 3.63) is 57.0 Å². The molecule has 2 fully saturated rings. The Morgan fingerprint density at radius 2 is 2.09 bits per heavy atom. The number of hydrogen-bond donors (Lipinski definition) is 1. The normalized spacial score (nSPS) is 19.4. The van der Waals surface area contributed by atoms with Gasteiger partial charge in [0.15, 0.2) is 0 Å². The van der Waals surface area contributed by atoms with Gasteiger partial charge in [0.25, 0.3) is 5.56 Å². The molecule has 1 aliphatic carbocycles. The van der Waals surface area contributed by atoms with Gasteiger partial charge in [-0.1, -0.05) is 0 Å². The lowest BCUT2D eigenvalue weighted by Gasteiger charge is -2.17. The fourth-order valence-electron chi connectivity index (χ4n) is 4.29. The Morgan fingerprint density at radius 1 is 1.29 bits per heavy atom. The van der Waals surface area contributed by atoms with E-state index in [-0.39, 0.29) is 22.7 Å². The Labute approximate surface area is 195 Å². The Morgan fingerprint density at radius 3 is 2.71 bits per heavy atom. The molecule has 178 valence electrons. The third-order valence-electron chi connectivity index (χ3n) is 6.36. The summed E-state index contributed by atoms with van der Waals surface area (Å²) in [7, 11) is -2.29. The highest BCUT2D eigenvalue weighted by Gasteiger charge is 2.46. The van der Waals surface area contributed by atoms with Crippen molar-refractivity contribution in [2.24, 2.45) is 13.0 Å². The number of hydrogen-bond acceptors (Lipinski definition) is 7. The van der Waals surface area contributed by atoms with Gasteiger partial charge in [-0.25, -0.2) is 13.2 Å². The summed E-state index contributed by atoms with van der Waals surface area (Å²) in [5, 5.41) is 13.5. The zero-order chi connectivity index (χ0) is 24.1. The van der Waals surface area contributed by atoms with Crippen LogP contribution >= 0.6 is 0 Å². The van der Waals surface area contributed by atoms with E-state index in [1.54, 1.807) is 24.1 Å². The summed E-state index contributed by atoms with van der Waals surface area (Å²) in [6.07, 6.45) is 4.97. The summed E-state index contributed by atoms with van der Waals surface area (Å²) in [6, 6.07) is 6.14. The molecule has 12 heteroatoms. The fourth-order valence-corrected chi connectivity index (χ4v) is 5.69. The first kappa shape index (κ1) is 22.5. The molecule has 34 heavy (non-hydrogen) atoms. The summed E-state index contributed by atoms with van der Waals surface area (Å²) in [6.45, 7) is 1.49. The van der Waals surface area contributed by atoms with Crippen LogP contribution in [-0.4, -0.2) is 46.1 Å². The number of ether oxygens (including phenoxy) is 1. The molecule has 0 amide bonds. The standard InChI is InChI=1S/C22H24N6O5S/c1-26-10-16(9-24-26)12-28-20(29)18-8-17(34(31,32)25-22(14-23)5-6-22)2-3-19(18)27(21(28)30)11-15-4-7-33-13-15/h2-3,8-10,15,25H,4-7,11-13H2,1H3. The molecule has 0 spiro atoms. The molecule has 5 rings (SSSR count). The van der Waals surface area contributed by atoms with Crippen molar-refractivity contribution < 1.29 is 13.2 Å². The van der Waals surface area contributed by atoms with E-state index < -0.39 is 26.8 Å². The van der Waals surface area contributed by atoms with Gasteiger partial charge < -0.3 is 4.74 Å². The lowest BCUT2D eigenvalue weighted by Crippen LogP contribution is -2.41. The van der Waals surface area contributed by atoms with Gasteiger partial charge in [-0.15, -0.1) is 0 Å². The second-order valence-electron chi connectivity index (χ2n) is 9.01. The second kappa shape index (κ2) is 8.19. The topological polar surface area (TPSA) is 141 Å². The van der Waals surface area contributed by atoms with E-state index in [9.17, 15) is 23.3 Å². The van der Waals surface area contributed by atoms with Crippen molar-refractivity contribution in [2.45, 2.75) is 42.8 Å². The van der Waals surface area contributed by atoms with Crippen molar-refractivity contribution in [1.82, 2.24) is 23.6 Å². The lowest BCUT2D eigenvalue weighted by atomic mass is 10.1. The molecule has 1 aromatic carbocycles. The highest BCUT2D eigenvalue weighted by molar-refractivity contribution is 7.89. The van der Waals surface area contributed by atoms with Crippen molar-refractivity contribution in [3.8, 4) is 6.07 Å². The first-order chi connectivity index (χ1) is 16.2. The number of fused-ring (bicyclic) bond motifs is 1. The van der Waals surface area contributed by atoms with Gasteiger partial charge >= 0.3 is 5.69 Å². The van der Waals surface area contributed by atoms with Crippen LogP contribution in [-0.2, 0) is 34.9 Å². The number of nitriles is 1. The number of rotatable bonds is 7. The van der Waals surface area contributed by atoms with E-state index in [2.05, 4.69) is 9.82 Å². The minimum absolute atomic E-state index is 0.00931. The first-order valence-corrected chi connectivity index (χ1v) is 12.5. The molecule has 3 heterocycles. The molecule has 1 atom stereocenters. The molecule has 3 aromatic rings. The van der Waals surface area contributed by atoms with Crippen LogP contribution in [0.25, 0.3) is 10.9 Å². The average molecular weight is 485 g/mol. The van der Waals surface area contributed by atoms with E-state index in [0.717, 1.165) is 11.0 Å². The predicted molar refractivity (Wildman–Crippen MR) is 122 cm³/mol. The van der Waals surface area contributed by atoms with E-state index in [0.29, 0.717) is 43.7 Å². The molecular weight excluding hydrogens is 460 g/mol. The van der Waals surface area contributed by atoms with Gasteiger partial charge in [-0.2, -0.15) is 15.1 Å². The molecule has 1 saturated carbocycles. The molecule has 1 aliphatic heterocycles. The van der Waals surface area contributed by atoms with Gasteiger partial charge in [0.1, 0.15) is 5.54 Å². The number of nitrogens with one attached hydrogen (secondary N) is 1. The van der Waals surface area contributed by atoms with Crippen molar-refractivity contribution in [3.63, 3.8) is 0 Å². The summed E-state index contributed by atoms with van der Waals surface area (Å²) >= 11 is 0. The summed E-state index contributed by atoms with van der Waals surface area (Å²) in [5.41, 5.74) is -1.10. The molecule has 1 saturated heterocycles. The molecule has 0 radical (unpaired) electrons. The van der Waals surface area contributed by atoms with Gasteiger partial charge in [0, 0.05) is 37.9 Å².